The van der Waals surface area contributed by atoms with Gasteiger partial charge in [-0.05, 0) is 66.4 Å². The predicted octanol–water partition coefficient (Wildman–Crippen LogP) is 8.22. The van der Waals surface area contributed by atoms with E-state index in [9.17, 15) is 4.79 Å². The van der Waals surface area contributed by atoms with Gasteiger partial charge in [-0.3, -0.25) is 4.79 Å². The molecule has 0 aliphatic carbocycles. The molecule has 0 spiro atoms. The van der Waals surface area contributed by atoms with Crippen molar-refractivity contribution >= 4 is 57.5 Å². The molecule has 4 rings (SSSR count). The van der Waals surface area contributed by atoms with Crippen molar-refractivity contribution in [3.05, 3.63) is 80.8 Å². The number of nitrogens with zero attached hydrogens (tertiary/aromatic N) is 1. The first-order valence-corrected chi connectivity index (χ1v) is 11.0. The van der Waals surface area contributed by atoms with E-state index in [1.807, 2.05) is 6.07 Å². The first-order valence-electron chi connectivity index (χ1n) is 9.82. The van der Waals surface area contributed by atoms with E-state index in [2.05, 4.69) is 36.3 Å². The second kappa shape index (κ2) is 8.91. The number of halogens is 3. The van der Waals surface area contributed by atoms with Crippen LogP contribution in [0.2, 0.25) is 15.1 Å². The molecule has 1 amide bonds. The van der Waals surface area contributed by atoms with E-state index in [0.29, 0.717) is 49.3 Å². The molecule has 0 unspecified atom stereocenters. The molecule has 0 saturated carbocycles. The number of aromatic nitrogens is 1. The lowest BCUT2D eigenvalue weighted by Gasteiger charge is -2.09. The average Bonchev–Trinajstić information content (AvgIpc) is 3.19. The Balaban J connectivity index is 1.64. The van der Waals surface area contributed by atoms with E-state index in [0.717, 1.165) is 11.9 Å². The number of nitrogens with one attached hydrogen (secondary N) is 1. The van der Waals surface area contributed by atoms with E-state index in [4.69, 9.17) is 39.2 Å². The van der Waals surface area contributed by atoms with Crippen LogP contribution in [0.25, 0.3) is 22.6 Å². The Labute approximate surface area is 195 Å². The van der Waals surface area contributed by atoms with Crippen LogP contribution in [0.15, 0.2) is 59.0 Å². The summed E-state index contributed by atoms with van der Waals surface area (Å²) in [5, 5.41) is 3.89. The van der Waals surface area contributed by atoms with Crippen molar-refractivity contribution < 1.29 is 9.21 Å². The van der Waals surface area contributed by atoms with Crippen molar-refractivity contribution in [2.24, 2.45) is 0 Å². The van der Waals surface area contributed by atoms with Crippen molar-refractivity contribution in [1.82, 2.24) is 4.98 Å². The summed E-state index contributed by atoms with van der Waals surface area (Å²) in [6.07, 6.45) is 1.05. The van der Waals surface area contributed by atoms with Gasteiger partial charge >= 0.3 is 0 Å². The third-order valence-electron chi connectivity index (χ3n) is 5.24. The van der Waals surface area contributed by atoms with Crippen molar-refractivity contribution in [2.75, 3.05) is 5.32 Å². The average molecular weight is 474 g/mol. The zero-order chi connectivity index (χ0) is 22.1. The lowest BCUT2D eigenvalue weighted by Crippen LogP contribution is -2.12. The number of hydrogen-bond acceptors (Lipinski definition) is 3. The molecular weight excluding hydrogens is 455 g/mol. The number of benzene rings is 3. The van der Waals surface area contributed by atoms with Crippen LogP contribution in [0.1, 0.15) is 42.1 Å². The number of fused-ring (bicyclic) bond motifs is 1. The molecule has 158 valence electrons. The molecule has 1 atom stereocenters. The first-order chi connectivity index (χ1) is 14.9. The molecule has 0 aliphatic heterocycles. The maximum Gasteiger partial charge on any atom is 0.255 e. The summed E-state index contributed by atoms with van der Waals surface area (Å²) in [7, 11) is 0. The summed E-state index contributed by atoms with van der Waals surface area (Å²) in [6.45, 7) is 4.34. The highest BCUT2D eigenvalue weighted by molar-refractivity contribution is 6.42. The van der Waals surface area contributed by atoms with Crippen LogP contribution in [0.4, 0.5) is 5.69 Å². The summed E-state index contributed by atoms with van der Waals surface area (Å²) >= 11 is 18.3. The minimum absolute atomic E-state index is 0.303. The molecule has 0 bridgehead atoms. The topological polar surface area (TPSA) is 55.1 Å². The Morgan fingerprint density at radius 1 is 1.00 bits per heavy atom. The largest absolute Gasteiger partial charge is 0.436 e. The van der Waals surface area contributed by atoms with Gasteiger partial charge in [0.2, 0.25) is 5.89 Å². The summed E-state index contributed by atoms with van der Waals surface area (Å²) in [5.74, 6) is 0.551. The third-order valence-corrected chi connectivity index (χ3v) is 6.30. The van der Waals surface area contributed by atoms with Gasteiger partial charge in [0.1, 0.15) is 5.52 Å². The van der Waals surface area contributed by atoms with E-state index >= 15 is 0 Å². The molecule has 0 aliphatic rings. The van der Waals surface area contributed by atoms with Gasteiger partial charge in [0, 0.05) is 11.1 Å². The number of amides is 1. The smallest absolute Gasteiger partial charge is 0.255 e. The van der Waals surface area contributed by atoms with Gasteiger partial charge in [0.25, 0.3) is 5.91 Å². The Hall–Kier alpha value is -2.53. The maximum atomic E-state index is 12.6. The van der Waals surface area contributed by atoms with Gasteiger partial charge in [0.05, 0.1) is 20.8 Å². The molecule has 1 heterocycles. The lowest BCUT2D eigenvalue weighted by atomic mass is 9.98. The van der Waals surface area contributed by atoms with Crippen LogP contribution in [-0.2, 0) is 0 Å². The van der Waals surface area contributed by atoms with Crippen LogP contribution in [0, 0.1) is 0 Å². The number of oxazole rings is 1. The molecule has 4 nitrogen and oxygen atoms in total. The van der Waals surface area contributed by atoms with E-state index in [-0.39, 0.29) is 5.91 Å². The van der Waals surface area contributed by atoms with Crippen molar-refractivity contribution in [2.45, 2.75) is 26.2 Å². The van der Waals surface area contributed by atoms with Crippen LogP contribution < -0.4 is 5.32 Å². The van der Waals surface area contributed by atoms with Crippen LogP contribution in [0.5, 0.6) is 0 Å². The van der Waals surface area contributed by atoms with Gasteiger partial charge in [0.15, 0.2) is 5.58 Å². The zero-order valence-corrected chi connectivity index (χ0v) is 19.1. The molecule has 7 heteroatoms. The first kappa shape index (κ1) is 21.7. The lowest BCUT2D eigenvalue weighted by molar-refractivity contribution is 0.102. The highest BCUT2D eigenvalue weighted by Crippen LogP contribution is 2.32. The van der Waals surface area contributed by atoms with Gasteiger partial charge in [-0.1, -0.05) is 54.7 Å². The van der Waals surface area contributed by atoms with E-state index < -0.39 is 0 Å². The van der Waals surface area contributed by atoms with Crippen molar-refractivity contribution in [1.29, 1.82) is 0 Å². The fourth-order valence-corrected chi connectivity index (χ4v) is 3.66. The Kier molecular flexibility index (Phi) is 6.24. The SMILES string of the molecule is CC[C@@H](C)c1ccc2oc(-c3ccc(Cl)c(NC(=O)c4ccc(Cl)c(Cl)c4)c3)nc2c1. The highest BCUT2D eigenvalue weighted by atomic mass is 35.5. The van der Waals surface area contributed by atoms with Crippen molar-refractivity contribution in [3.8, 4) is 11.5 Å². The summed E-state index contributed by atoms with van der Waals surface area (Å²) in [5.41, 5.74) is 4.24. The summed E-state index contributed by atoms with van der Waals surface area (Å²) < 4.78 is 5.94. The Morgan fingerprint density at radius 3 is 2.52 bits per heavy atom. The fourth-order valence-electron chi connectivity index (χ4n) is 3.20. The van der Waals surface area contributed by atoms with Gasteiger partial charge in [-0.15, -0.1) is 0 Å². The van der Waals surface area contributed by atoms with Crippen LogP contribution >= 0.6 is 34.8 Å². The quantitative estimate of drug-likeness (QED) is 0.317. The zero-order valence-electron chi connectivity index (χ0n) is 16.9. The van der Waals surface area contributed by atoms with Crippen LogP contribution in [-0.4, -0.2) is 10.9 Å². The number of rotatable bonds is 5. The summed E-state index contributed by atoms with van der Waals surface area (Å²) in [4.78, 5) is 17.3. The highest BCUT2D eigenvalue weighted by Gasteiger charge is 2.15. The van der Waals surface area contributed by atoms with Crippen molar-refractivity contribution in [3.63, 3.8) is 0 Å². The molecule has 1 N–H and O–H groups in total. The monoisotopic (exact) mass is 472 g/mol. The molecule has 1 aromatic heterocycles. The molecule has 0 radical (unpaired) electrons. The molecule has 31 heavy (non-hydrogen) atoms. The van der Waals surface area contributed by atoms with Gasteiger partial charge in [-0.2, -0.15) is 0 Å². The maximum absolute atomic E-state index is 12.6. The number of carbonyl (C=O) groups excluding carboxylic acids is 1. The Bertz CT molecular complexity index is 1280. The standard InChI is InChI=1S/C24H19Cl3N2O2/c1-3-13(2)14-6-9-22-21(11-14)29-24(31-22)16-5-8-18(26)20(12-16)28-23(30)15-4-7-17(25)19(27)10-15/h4-13H,3H2,1-2H3,(H,28,30)/t13-/m1/s1. The normalized spacial score (nSPS) is 12.2. The van der Waals surface area contributed by atoms with E-state index in [1.54, 1.807) is 30.3 Å². The molecule has 4 aromatic rings. The number of anilines is 1. The number of carbonyl (C=O) groups is 1. The second-order valence-corrected chi connectivity index (χ2v) is 8.55. The minimum atomic E-state index is -0.353. The molecule has 0 fully saturated rings. The summed E-state index contributed by atoms with van der Waals surface area (Å²) in [6, 6.07) is 16.0. The predicted molar refractivity (Wildman–Crippen MR) is 128 cm³/mol. The molecular formula is C24H19Cl3N2O2. The third kappa shape index (κ3) is 4.57. The fraction of sp³-hybridized carbons (Fsp3) is 0.167. The van der Waals surface area contributed by atoms with Gasteiger partial charge in [-0.25, -0.2) is 4.98 Å². The Morgan fingerprint density at radius 2 is 1.77 bits per heavy atom. The van der Waals surface area contributed by atoms with Gasteiger partial charge < -0.3 is 9.73 Å². The minimum Gasteiger partial charge on any atom is -0.436 e. The van der Waals surface area contributed by atoms with E-state index in [1.165, 1.54) is 11.6 Å². The number of hydrogen-bond donors (Lipinski definition) is 1. The molecule has 3 aromatic carbocycles. The second-order valence-electron chi connectivity index (χ2n) is 7.33. The molecule has 0 saturated heterocycles. The van der Waals surface area contributed by atoms with Crippen LogP contribution in [0.3, 0.4) is 0 Å².